The Kier molecular flexibility index (Phi) is 10.5. The summed E-state index contributed by atoms with van der Waals surface area (Å²) in [6.07, 6.45) is -0.129. The van der Waals surface area contributed by atoms with Gasteiger partial charge in [0, 0.05) is 23.5 Å². The highest BCUT2D eigenvalue weighted by molar-refractivity contribution is 9.10. The molecule has 3 aromatic carbocycles. The van der Waals surface area contributed by atoms with Crippen LogP contribution in [0.15, 0.2) is 83.3 Å². The zero-order valence-electron chi connectivity index (χ0n) is 23.6. The molecule has 1 atom stereocenters. The summed E-state index contributed by atoms with van der Waals surface area (Å²) < 4.78 is 67.5. The highest BCUT2D eigenvalue weighted by Crippen LogP contribution is 2.32. The number of rotatable bonds is 11. The summed E-state index contributed by atoms with van der Waals surface area (Å²) in [6.45, 7) is -0.829. The fraction of sp³-hybridized carbons (Fsp3) is 0.355. The molecule has 230 valence electrons. The van der Waals surface area contributed by atoms with Crippen LogP contribution in [0.5, 0.6) is 0 Å². The van der Waals surface area contributed by atoms with Crippen LogP contribution in [0.25, 0.3) is 0 Å². The van der Waals surface area contributed by atoms with E-state index in [1.165, 1.54) is 11.0 Å². The molecular weight excluding hydrogens is 647 g/mol. The lowest BCUT2D eigenvalue weighted by atomic mass is 10.0. The number of benzene rings is 3. The average molecular weight is 681 g/mol. The van der Waals surface area contributed by atoms with E-state index in [-0.39, 0.29) is 30.6 Å². The molecule has 0 saturated heterocycles. The Morgan fingerprint density at radius 2 is 1.60 bits per heavy atom. The van der Waals surface area contributed by atoms with Gasteiger partial charge in [-0.3, -0.25) is 13.9 Å². The first kappa shape index (κ1) is 32.5. The van der Waals surface area contributed by atoms with Crippen molar-refractivity contribution in [1.82, 2.24) is 10.2 Å². The number of hydrogen-bond donors (Lipinski definition) is 1. The van der Waals surface area contributed by atoms with Gasteiger partial charge in [-0.25, -0.2) is 8.42 Å². The van der Waals surface area contributed by atoms with Gasteiger partial charge in [0.25, 0.3) is 0 Å². The molecule has 0 aromatic heterocycles. The van der Waals surface area contributed by atoms with Gasteiger partial charge in [0.05, 0.1) is 17.5 Å². The summed E-state index contributed by atoms with van der Waals surface area (Å²) in [7, 11) is -4.20. The number of carbonyl (C=O) groups is 2. The van der Waals surface area contributed by atoms with Crippen molar-refractivity contribution in [3.63, 3.8) is 0 Å². The fourth-order valence-corrected chi connectivity index (χ4v) is 6.49. The third kappa shape index (κ3) is 9.06. The molecule has 1 aliphatic carbocycles. The quantitative estimate of drug-likeness (QED) is 0.272. The maximum absolute atomic E-state index is 14.1. The molecule has 1 N–H and O–H groups in total. The van der Waals surface area contributed by atoms with Crippen LogP contribution in [0.2, 0.25) is 0 Å². The lowest BCUT2D eigenvalue weighted by molar-refractivity contribution is -0.140. The highest BCUT2D eigenvalue weighted by Gasteiger charge is 2.35. The Morgan fingerprint density at radius 1 is 0.953 bits per heavy atom. The molecule has 0 aliphatic heterocycles. The molecule has 0 bridgehead atoms. The van der Waals surface area contributed by atoms with E-state index in [2.05, 4.69) is 21.2 Å². The van der Waals surface area contributed by atoms with Gasteiger partial charge in [0.15, 0.2) is 0 Å². The summed E-state index contributed by atoms with van der Waals surface area (Å²) >= 11 is 3.42. The van der Waals surface area contributed by atoms with Crippen molar-refractivity contribution in [2.45, 2.75) is 56.9 Å². The van der Waals surface area contributed by atoms with Gasteiger partial charge in [0.1, 0.15) is 12.6 Å². The Labute approximate surface area is 258 Å². The largest absolute Gasteiger partial charge is 0.416 e. The van der Waals surface area contributed by atoms with E-state index in [1.54, 1.807) is 18.2 Å². The maximum Gasteiger partial charge on any atom is 0.416 e. The number of halogens is 4. The molecule has 4 rings (SSSR count). The zero-order valence-corrected chi connectivity index (χ0v) is 26.0. The number of nitrogens with one attached hydrogen (secondary N) is 1. The molecule has 43 heavy (non-hydrogen) atoms. The van der Waals surface area contributed by atoms with Crippen LogP contribution in [-0.2, 0) is 38.8 Å². The smallest absolute Gasteiger partial charge is 0.352 e. The average Bonchev–Trinajstić information content (AvgIpc) is 3.46. The SMILES string of the molecule is CS(=O)(=O)N(CC(=O)N(Cc1cccc(Br)c1)[C@H](Cc1ccccc1)C(=O)NC1CCCC1)c1cccc(C(F)(F)F)c1. The fourth-order valence-electron chi connectivity index (χ4n) is 5.20. The van der Waals surface area contributed by atoms with Crippen LogP contribution in [0.3, 0.4) is 0 Å². The van der Waals surface area contributed by atoms with Gasteiger partial charge in [-0.1, -0.05) is 77.3 Å². The molecule has 12 heteroatoms. The van der Waals surface area contributed by atoms with Crippen molar-refractivity contribution >= 4 is 43.5 Å². The first-order valence-corrected chi connectivity index (χ1v) is 16.5. The second-order valence-electron chi connectivity index (χ2n) is 10.7. The molecule has 2 amide bonds. The van der Waals surface area contributed by atoms with Crippen LogP contribution in [0.1, 0.15) is 42.4 Å². The number of nitrogens with zero attached hydrogens (tertiary/aromatic N) is 2. The molecule has 1 saturated carbocycles. The summed E-state index contributed by atoms with van der Waals surface area (Å²) in [5.41, 5.74) is 0.122. The molecule has 3 aromatic rings. The minimum Gasteiger partial charge on any atom is -0.352 e. The van der Waals surface area contributed by atoms with Crippen LogP contribution in [-0.4, -0.2) is 50.0 Å². The summed E-state index contributed by atoms with van der Waals surface area (Å²) in [4.78, 5) is 29.3. The van der Waals surface area contributed by atoms with Gasteiger partial charge >= 0.3 is 6.18 Å². The number of sulfonamides is 1. The molecular formula is C31H33BrF3N3O4S. The highest BCUT2D eigenvalue weighted by atomic mass is 79.9. The van der Waals surface area contributed by atoms with Crippen LogP contribution in [0, 0.1) is 0 Å². The van der Waals surface area contributed by atoms with Gasteiger partial charge < -0.3 is 10.2 Å². The van der Waals surface area contributed by atoms with Crippen molar-refractivity contribution in [2.24, 2.45) is 0 Å². The van der Waals surface area contributed by atoms with E-state index < -0.39 is 40.3 Å². The van der Waals surface area contributed by atoms with E-state index in [0.717, 1.165) is 54.1 Å². The number of anilines is 1. The molecule has 0 spiro atoms. The Balaban J connectivity index is 1.74. The molecule has 0 heterocycles. The zero-order chi connectivity index (χ0) is 31.2. The summed E-state index contributed by atoms with van der Waals surface area (Å²) in [5.74, 6) is -1.10. The minimum atomic E-state index is -4.71. The van der Waals surface area contributed by atoms with Gasteiger partial charge in [-0.2, -0.15) is 13.2 Å². The molecule has 0 radical (unpaired) electrons. The van der Waals surface area contributed by atoms with Crippen LogP contribution >= 0.6 is 15.9 Å². The number of amides is 2. The molecule has 1 aliphatic rings. The van der Waals surface area contributed by atoms with Crippen LogP contribution < -0.4 is 9.62 Å². The first-order chi connectivity index (χ1) is 20.3. The molecule has 7 nitrogen and oxygen atoms in total. The van der Waals surface area contributed by atoms with Crippen LogP contribution in [0.4, 0.5) is 18.9 Å². The van der Waals surface area contributed by atoms with Crippen molar-refractivity contribution in [3.8, 4) is 0 Å². The first-order valence-electron chi connectivity index (χ1n) is 13.8. The van der Waals surface area contributed by atoms with E-state index in [4.69, 9.17) is 0 Å². The molecule has 1 fully saturated rings. The van der Waals surface area contributed by atoms with E-state index in [9.17, 15) is 31.2 Å². The predicted molar refractivity (Wildman–Crippen MR) is 163 cm³/mol. The Hall–Kier alpha value is -3.38. The number of alkyl halides is 3. The van der Waals surface area contributed by atoms with E-state index >= 15 is 0 Å². The maximum atomic E-state index is 14.1. The summed E-state index contributed by atoms with van der Waals surface area (Å²) in [5, 5.41) is 3.07. The summed E-state index contributed by atoms with van der Waals surface area (Å²) in [6, 6.07) is 19.1. The van der Waals surface area contributed by atoms with E-state index in [1.807, 2.05) is 36.4 Å². The number of carbonyl (C=O) groups excluding carboxylic acids is 2. The monoisotopic (exact) mass is 679 g/mol. The van der Waals surface area contributed by atoms with Gasteiger partial charge in [0.2, 0.25) is 21.8 Å². The lowest BCUT2D eigenvalue weighted by Crippen LogP contribution is -2.54. The number of hydrogen-bond acceptors (Lipinski definition) is 4. The van der Waals surface area contributed by atoms with Gasteiger partial charge in [-0.05, 0) is 54.3 Å². The van der Waals surface area contributed by atoms with E-state index in [0.29, 0.717) is 15.9 Å². The minimum absolute atomic E-state index is 0.0337. The third-order valence-corrected chi connectivity index (χ3v) is 8.99. The Bertz CT molecular complexity index is 1530. The predicted octanol–water partition coefficient (Wildman–Crippen LogP) is 5.93. The van der Waals surface area contributed by atoms with Crippen molar-refractivity contribution in [2.75, 3.05) is 17.1 Å². The normalized spacial score (nSPS) is 14.7. The third-order valence-electron chi connectivity index (χ3n) is 7.36. The Morgan fingerprint density at radius 3 is 2.23 bits per heavy atom. The van der Waals surface area contributed by atoms with Crippen molar-refractivity contribution < 1.29 is 31.2 Å². The second kappa shape index (κ2) is 13.9. The molecule has 0 unspecified atom stereocenters. The lowest BCUT2D eigenvalue weighted by Gasteiger charge is -2.34. The second-order valence-corrected chi connectivity index (χ2v) is 13.5. The van der Waals surface area contributed by atoms with Crippen molar-refractivity contribution in [1.29, 1.82) is 0 Å². The topological polar surface area (TPSA) is 86.8 Å². The standard InChI is InChI=1S/C31H33BrF3N3O4S/c1-43(41,42)38(27-16-8-12-24(19-27)31(33,34)35)21-29(39)37(20-23-11-7-13-25(32)17-23)28(18-22-9-3-2-4-10-22)30(40)36-26-14-5-6-15-26/h2-4,7-13,16-17,19,26,28H,5-6,14-15,18,20-21H2,1H3,(H,36,40)/t28-/m1/s1. The van der Waals surface area contributed by atoms with Gasteiger partial charge in [-0.15, -0.1) is 0 Å². The van der Waals surface area contributed by atoms with Crippen molar-refractivity contribution in [3.05, 3.63) is 100 Å².